The van der Waals surface area contributed by atoms with E-state index in [1.54, 1.807) is 24.3 Å². The minimum absolute atomic E-state index is 0.159. The highest BCUT2D eigenvalue weighted by Crippen LogP contribution is 2.19. The van der Waals surface area contributed by atoms with Crippen molar-refractivity contribution in [1.29, 1.82) is 0 Å². The second kappa shape index (κ2) is 9.51. The highest BCUT2D eigenvalue weighted by atomic mass is 32.2. The number of rotatable bonds is 8. The van der Waals surface area contributed by atoms with Crippen LogP contribution in [0.1, 0.15) is 24.2 Å². The molecule has 0 spiro atoms. The van der Waals surface area contributed by atoms with Crippen LogP contribution in [0.25, 0.3) is 0 Å². The topological polar surface area (TPSA) is 95.6 Å². The van der Waals surface area contributed by atoms with Gasteiger partial charge in [-0.2, -0.15) is 0 Å². The molecule has 0 aliphatic carbocycles. The maximum atomic E-state index is 13.1. The number of nitrogens with zero attached hydrogens (tertiary/aromatic N) is 1. The second-order valence-electron chi connectivity index (χ2n) is 6.94. The van der Waals surface area contributed by atoms with Gasteiger partial charge in [0.25, 0.3) is 5.91 Å². The zero-order valence-electron chi connectivity index (χ0n) is 16.5. The van der Waals surface area contributed by atoms with Gasteiger partial charge in [0.1, 0.15) is 12.4 Å². The van der Waals surface area contributed by atoms with Crippen molar-refractivity contribution in [2.45, 2.75) is 13.8 Å². The van der Waals surface area contributed by atoms with E-state index in [2.05, 4.69) is 10.6 Å². The van der Waals surface area contributed by atoms with Gasteiger partial charge in [0, 0.05) is 6.54 Å². The zero-order valence-corrected chi connectivity index (χ0v) is 17.3. The standard InChI is InChI=1S/C20H24FN3O4S/c1-14(2)12-22-20(26)17-6-4-5-7-18(17)23-19(25)13-24(29(3,27)28)16-10-8-15(21)9-11-16/h4-11,14H,12-13H2,1-3H3,(H,22,26)(H,23,25). The Bertz CT molecular complexity index is 975. The molecule has 9 heteroatoms. The van der Waals surface area contributed by atoms with Crippen LogP contribution in [0.2, 0.25) is 0 Å². The van der Waals surface area contributed by atoms with Crippen LogP contribution in [0.5, 0.6) is 0 Å². The Balaban J connectivity index is 2.19. The van der Waals surface area contributed by atoms with Crippen LogP contribution in [0.3, 0.4) is 0 Å². The van der Waals surface area contributed by atoms with Gasteiger partial charge in [0.2, 0.25) is 15.9 Å². The number of carbonyl (C=O) groups excluding carboxylic acids is 2. The number of hydrogen-bond donors (Lipinski definition) is 2. The minimum Gasteiger partial charge on any atom is -0.352 e. The molecular weight excluding hydrogens is 397 g/mol. The highest BCUT2D eigenvalue weighted by Gasteiger charge is 2.22. The van der Waals surface area contributed by atoms with E-state index in [0.29, 0.717) is 6.54 Å². The molecule has 0 aromatic heterocycles. The Morgan fingerprint density at radius 3 is 2.28 bits per heavy atom. The maximum Gasteiger partial charge on any atom is 0.253 e. The predicted molar refractivity (Wildman–Crippen MR) is 111 cm³/mol. The van der Waals surface area contributed by atoms with Crippen molar-refractivity contribution in [3.8, 4) is 0 Å². The lowest BCUT2D eigenvalue weighted by Crippen LogP contribution is -2.37. The molecule has 7 nitrogen and oxygen atoms in total. The average Bonchev–Trinajstić information content (AvgIpc) is 2.64. The first-order valence-electron chi connectivity index (χ1n) is 8.98. The first-order chi connectivity index (χ1) is 13.6. The van der Waals surface area contributed by atoms with Crippen molar-refractivity contribution in [2.75, 3.05) is 29.0 Å². The molecule has 0 bridgehead atoms. The van der Waals surface area contributed by atoms with E-state index in [1.807, 2.05) is 13.8 Å². The lowest BCUT2D eigenvalue weighted by Gasteiger charge is -2.22. The van der Waals surface area contributed by atoms with Crippen molar-refractivity contribution >= 4 is 33.2 Å². The molecule has 2 N–H and O–H groups in total. The lowest BCUT2D eigenvalue weighted by molar-refractivity contribution is -0.114. The fourth-order valence-electron chi connectivity index (χ4n) is 2.51. The van der Waals surface area contributed by atoms with Gasteiger partial charge in [0.15, 0.2) is 0 Å². The molecule has 0 fully saturated rings. The van der Waals surface area contributed by atoms with E-state index in [9.17, 15) is 22.4 Å². The molecule has 156 valence electrons. The summed E-state index contributed by atoms with van der Waals surface area (Å²) in [6.07, 6.45) is 0.955. The average molecular weight is 421 g/mol. The van der Waals surface area contributed by atoms with Crippen LogP contribution in [0.15, 0.2) is 48.5 Å². The molecule has 2 aromatic carbocycles. The van der Waals surface area contributed by atoms with Gasteiger partial charge < -0.3 is 10.6 Å². The van der Waals surface area contributed by atoms with E-state index < -0.39 is 28.3 Å². The molecule has 0 atom stereocenters. The molecular formula is C20H24FN3O4S. The number of amides is 2. The Labute approximate surface area is 170 Å². The molecule has 2 amide bonds. The Hall–Kier alpha value is -2.94. The third kappa shape index (κ3) is 6.56. The van der Waals surface area contributed by atoms with Crippen molar-refractivity contribution in [3.63, 3.8) is 0 Å². The van der Waals surface area contributed by atoms with Gasteiger partial charge in [-0.05, 0) is 42.3 Å². The lowest BCUT2D eigenvalue weighted by atomic mass is 10.1. The summed E-state index contributed by atoms with van der Waals surface area (Å²) in [5.41, 5.74) is 0.701. The maximum absolute atomic E-state index is 13.1. The summed E-state index contributed by atoms with van der Waals surface area (Å²) in [5, 5.41) is 5.36. The summed E-state index contributed by atoms with van der Waals surface area (Å²) in [6.45, 7) is 3.88. The van der Waals surface area contributed by atoms with Crippen molar-refractivity contribution in [2.24, 2.45) is 5.92 Å². The number of halogens is 1. The van der Waals surface area contributed by atoms with E-state index in [4.69, 9.17) is 0 Å². The van der Waals surface area contributed by atoms with Crippen molar-refractivity contribution in [1.82, 2.24) is 5.32 Å². The fraction of sp³-hybridized carbons (Fsp3) is 0.300. The molecule has 0 aliphatic rings. The Morgan fingerprint density at radius 1 is 1.07 bits per heavy atom. The summed E-state index contributed by atoms with van der Waals surface area (Å²) in [5.74, 6) is -1.23. The van der Waals surface area contributed by atoms with Crippen LogP contribution in [-0.2, 0) is 14.8 Å². The number of nitrogens with one attached hydrogen (secondary N) is 2. The molecule has 0 radical (unpaired) electrons. The number of benzene rings is 2. The fourth-order valence-corrected chi connectivity index (χ4v) is 3.37. The smallest absolute Gasteiger partial charge is 0.253 e. The SMILES string of the molecule is CC(C)CNC(=O)c1ccccc1NC(=O)CN(c1ccc(F)cc1)S(C)(=O)=O. The number of anilines is 2. The van der Waals surface area contributed by atoms with Gasteiger partial charge >= 0.3 is 0 Å². The monoisotopic (exact) mass is 421 g/mol. The van der Waals surface area contributed by atoms with Gasteiger partial charge in [-0.3, -0.25) is 13.9 Å². The molecule has 0 unspecified atom stereocenters. The summed E-state index contributed by atoms with van der Waals surface area (Å²) in [7, 11) is -3.79. The van der Waals surface area contributed by atoms with E-state index in [1.165, 1.54) is 12.1 Å². The molecule has 0 heterocycles. The summed E-state index contributed by atoms with van der Waals surface area (Å²) in [6, 6.07) is 11.2. The van der Waals surface area contributed by atoms with Crippen LogP contribution in [0, 0.1) is 11.7 Å². The normalized spacial score (nSPS) is 11.2. The number of hydrogen-bond acceptors (Lipinski definition) is 4. The van der Waals surface area contributed by atoms with Gasteiger partial charge in [-0.15, -0.1) is 0 Å². The Morgan fingerprint density at radius 2 is 1.69 bits per heavy atom. The third-order valence-electron chi connectivity index (χ3n) is 3.92. The van der Waals surface area contributed by atoms with Gasteiger partial charge in [-0.25, -0.2) is 12.8 Å². The second-order valence-corrected chi connectivity index (χ2v) is 8.85. The van der Waals surface area contributed by atoms with Crippen LogP contribution < -0.4 is 14.9 Å². The van der Waals surface area contributed by atoms with Crippen LogP contribution >= 0.6 is 0 Å². The number of para-hydroxylation sites is 1. The van der Waals surface area contributed by atoms with Crippen molar-refractivity contribution in [3.05, 3.63) is 59.9 Å². The quantitative estimate of drug-likeness (QED) is 0.685. The first kappa shape index (κ1) is 22.4. The molecule has 2 rings (SSSR count). The van der Waals surface area contributed by atoms with Gasteiger partial charge in [-0.1, -0.05) is 26.0 Å². The van der Waals surface area contributed by atoms with Gasteiger partial charge in [0.05, 0.1) is 23.2 Å². The van der Waals surface area contributed by atoms with Crippen LogP contribution in [-0.4, -0.2) is 39.6 Å². The van der Waals surface area contributed by atoms with E-state index in [0.717, 1.165) is 22.7 Å². The largest absolute Gasteiger partial charge is 0.352 e. The summed E-state index contributed by atoms with van der Waals surface area (Å²) >= 11 is 0. The molecule has 0 saturated heterocycles. The van der Waals surface area contributed by atoms with Crippen LogP contribution in [0.4, 0.5) is 15.8 Å². The summed E-state index contributed by atoms with van der Waals surface area (Å²) < 4.78 is 38.2. The molecule has 29 heavy (non-hydrogen) atoms. The number of sulfonamides is 1. The zero-order chi connectivity index (χ0) is 21.6. The highest BCUT2D eigenvalue weighted by molar-refractivity contribution is 7.92. The first-order valence-corrected chi connectivity index (χ1v) is 10.8. The summed E-state index contributed by atoms with van der Waals surface area (Å²) in [4.78, 5) is 24.9. The van der Waals surface area contributed by atoms with Crippen molar-refractivity contribution < 1.29 is 22.4 Å². The molecule has 2 aromatic rings. The molecule has 0 saturated carbocycles. The van der Waals surface area contributed by atoms with E-state index in [-0.39, 0.29) is 28.8 Å². The Kier molecular flexibility index (Phi) is 7.33. The third-order valence-corrected chi connectivity index (χ3v) is 5.06. The number of carbonyl (C=O) groups is 2. The minimum atomic E-state index is -3.79. The van der Waals surface area contributed by atoms with E-state index >= 15 is 0 Å². The predicted octanol–water partition coefficient (Wildman–Crippen LogP) is 2.62. The molecule has 0 aliphatic heterocycles.